The molecule has 186 valence electrons. The Morgan fingerprint density at radius 1 is 0.970 bits per heavy atom. The van der Waals surface area contributed by atoms with Crippen molar-refractivity contribution in [3.63, 3.8) is 0 Å². The van der Waals surface area contributed by atoms with Gasteiger partial charge in [-0.25, -0.2) is 0 Å². The summed E-state index contributed by atoms with van der Waals surface area (Å²) in [6.45, 7) is 7.69. The van der Waals surface area contributed by atoms with E-state index >= 15 is 0 Å². The Kier molecular flexibility index (Phi) is 7.33. The molecule has 3 fully saturated rings. The maximum absolute atomic E-state index is 10.3. The Morgan fingerprint density at radius 3 is 2.30 bits per heavy atom. The van der Waals surface area contributed by atoms with Gasteiger partial charge in [0.25, 0.3) is 0 Å². The molecule has 0 aliphatic carbocycles. The first-order valence-corrected chi connectivity index (χ1v) is 11.5. The standard InChI is InChI=1S/C24H36O9/c1-23(2)30-18-10-17(16(26)11-25)29-22(20(18)32-23)21-19(31-24(3,4)33-21)13-28-12-14-6-8-15(27-5)9-7-14/h6-9,16-22,25-26H,10-13H2,1-5H3/t16-,17+,18+,19+,20+,21-,22-/m1/s1. The minimum atomic E-state index is -1.03. The van der Waals surface area contributed by atoms with E-state index in [0.717, 1.165) is 11.3 Å². The van der Waals surface area contributed by atoms with Crippen molar-refractivity contribution in [1.82, 2.24) is 0 Å². The lowest BCUT2D eigenvalue weighted by molar-refractivity contribution is -0.219. The van der Waals surface area contributed by atoms with Gasteiger partial charge in [0, 0.05) is 6.42 Å². The van der Waals surface area contributed by atoms with Crippen LogP contribution >= 0.6 is 0 Å². The SMILES string of the molecule is COc1ccc(COC[C@@H]2OC(C)(C)O[C@H]2[C@@H]2O[C@H]([C@H](O)CO)C[C@@H]3OC(C)(C)O[C@H]23)cc1. The molecule has 0 saturated carbocycles. The summed E-state index contributed by atoms with van der Waals surface area (Å²) in [5.41, 5.74) is 1.01. The van der Waals surface area contributed by atoms with Gasteiger partial charge in [0.05, 0.1) is 39.1 Å². The summed E-state index contributed by atoms with van der Waals surface area (Å²) in [7, 11) is 1.63. The quantitative estimate of drug-likeness (QED) is 0.590. The Hall–Kier alpha value is -1.30. The first-order valence-electron chi connectivity index (χ1n) is 11.5. The highest BCUT2D eigenvalue weighted by Gasteiger charge is 2.57. The number of ether oxygens (including phenoxy) is 7. The highest BCUT2D eigenvalue weighted by atomic mass is 16.8. The first-order chi connectivity index (χ1) is 15.6. The van der Waals surface area contributed by atoms with E-state index in [-0.39, 0.29) is 12.7 Å². The monoisotopic (exact) mass is 468 g/mol. The number of hydrogen-bond donors (Lipinski definition) is 2. The molecule has 1 aromatic carbocycles. The molecular weight excluding hydrogens is 432 g/mol. The summed E-state index contributed by atoms with van der Waals surface area (Å²) in [6.07, 6.45) is -3.38. The Balaban J connectivity index is 1.47. The van der Waals surface area contributed by atoms with Crippen LogP contribution in [0.1, 0.15) is 39.7 Å². The smallest absolute Gasteiger partial charge is 0.164 e. The van der Waals surface area contributed by atoms with Crippen molar-refractivity contribution in [3.05, 3.63) is 29.8 Å². The largest absolute Gasteiger partial charge is 0.497 e. The van der Waals surface area contributed by atoms with Crippen molar-refractivity contribution in [1.29, 1.82) is 0 Å². The van der Waals surface area contributed by atoms with Crippen LogP contribution in [0.25, 0.3) is 0 Å². The third kappa shape index (κ3) is 5.68. The van der Waals surface area contributed by atoms with Crippen LogP contribution in [0.4, 0.5) is 0 Å². The van der Waals surface area contributed by atoms with Crippen molar-refractivity contribution in [2.75, 3.05) is 20.3 Å². The second-order valence-electron chi connectivity index (χ2n) is 9.77. The molecule has 0 spiro atoms. The molecular formula is C24H36O9. The van der Waals surface area contributed by atoms with Gasteiger partial charge in [0.1, 0.15) is 36.3 Å². The van der Waals surface area contributed by atoms with Crippen LogP contribution in [0.2, 0.25) is 0 Å². The van der Waals surface area contributed by atoms with Crippen LogP contribution in [0.5, 0.6) is 5.75 Å². The second kappa shape index (κ2) is 9.75. The van der Waals surface area contributed by atoms with Crippen molar-refractivity contribution in [2.45, 2.75) is 95.0 Å². The van der Waals surface area contributed by atoms with Gasteiger partial charge in [0.2, 0.25) is 0 Å². The van der Waals surface area contributed by atoms with Gasteiger partial charge in [-0.15, -0.1) is 0 Å². The lowest BCUT2D eigenvalue weighted by Gasteiger charge is -2.41. The molecule has 0 amide bonds. The van der Waals surface area contributed by atoms with E-state index in [4.69, 9.17) is 33.2 Å². The number of methoxy groups -OCH3 is 1. The van der Waals surface area contributed by atoms with Gasteiger partial charge in [-0.05, 0) is 45.4 Å². The molecule has 0 bridgehead atoms. The molecule has 0 aromatic heterocycles. The molecule has 33 heavy (non-hydrogen) atoms. The van der Waals surface area contributed by atoms with Crippen molar-refractivity contribution < 1.29 is 43.4 Å². The average molecular weight is 469 g/mol. The van der Waals surface area contributed by atoms with Crippen molar-refractivity contribution >= 4 is 0 Å². The zero-order chi connectivity index (χ0) is 23.8. The highest BCUT2D eigenvalue weighted by Crippen LogP contribution is 2.42. The average Bonchev–Trinajstić information content (AvgIpc) is 3.26. The van der Waals surface area contributed by atoms with Gasteiger partial charge < -0.3 is 43.4 Å². The fourth-order valence-electron chi connectivity index (χ4n) is 4.80. The number of rotatable bonds is 8. The summed E-state index contributed by atoms with van der Waals surface area (Å²) >= 11 is 0. The number of benzene rings is 1. The summed E-state index contributed by atoms with van der Waals surface area (Å²) in [4.78, 5) is 0. The van der Waals surface area contributed by atoms with Gasteiger partial charge in [-0.1, -0.05) is 12.1 Å². The first kappa shape index (κ1) is 24.8. The topological polar surface area (TPSA) is 105 Å². The third-order valence-electron chi connectivity index (χ3n) is 6.21. The molecule has 3 aliphatic rings. The lowest BCUT2D eigenvalue weighted by Crippen LogP contribution is -2.57. The molecule has 4 rings (SSSR count). The van der Waals surface area contributed by atoms with Crippen molar-refractivity contribution in [2.24, 2.45) is 0 Å². The number of hydrogen-bond acceptors (Lipinski definition) is 9. The van der Waals surface area contributed by atoms with E-state index in [1.807, 2.05) is 52.0 Å². The Bertz CT molecular complexity index is 781. The van der Waals surface area contributed by atoms with Gasteiger partial charge in [0.15, 0.2) is 11.6 Å². The summed E-state index contributed by atoms with van der Waals surface area (Å²) in [5, 5.41) is 19.8. The number of fused-ring (bicyclic) bond motifs is 1. The van der Waals surface area contributed by atoms with E-state index in [1.165, 1.54) is 0 Å². The molecule has 0 unspecified atom stereocenters. The normalized spacial score (nSPS) is 35.8. The number of aliphatic hydroxyl groups excluding tert-OH is 2. The summed E-state index contributed by atoms with van der Waals surface area (Å²) in [6, 6.07) is 7.69. The van der Waals surface area contributed by atoms with Crippen LogP contribution in [0.15, 0.2) is 24.3 Å². The zero-order valence-corrected chi connectivity index (χ0v) is 19.9. The molecule has 1 aromatic rings. The van der Waals surface area contributed by atoms with E-state index in [0.29, 0.717) is 13.0 Å². The summed E-state index contributed by atoms with van der Waals surface area (Å²) in [5.74, 6) is -0.834. The van der Waals surface area contributed by atoms with Gasteiger partial charge in [-0.2, -0.15) is 0 Å². The Labute approximate surface area is 194 Å². The molecule has 2 N–H and O–H groups in total. The predicted octanol–water partition coefficient (Wildman–Crippen LogP) is 1.76. The molecule has 3 saturated heterocycles. The van der Waals surface area contributed by atoms with Crippen LogP contribution in [-0.2, 0) is 35.0 Å². The summed E-state index contributed by atoms with van der Waals surface area (Å²) < 4.78 is 42.1. The zero-order valence-electron chi connectivity index (χ0n) is 19.9. The molecule has 3 heterocycles. The fourth-order valence-corrected chi connectivity index (χ4v) is 4.80. The van der Waals surface area contributed by atoms with Crippen LogP contribution in [-0.4, -0.2) is 84.8 Å². The van der Waals surface area contributed by atoms with Crippen molar-refractivity contribution in [3.8, 4) is 5.75 Å². The maximum atomic E-state index is 10.3. The van der Waals surface area contributed by atoms with E-state index < -0.39 is 54.8 Å². The fraction of sp³-hybridized carbons (Fsp3) is 0.750. The van der Waals surface area contributed by atoms with E-state index in [1.54, 1.807) is 7.11 Å². The van der Waals surface area contributed by atoms with Gasteiger partial charge >= 0.3 is 0 Å². The van der Waals surface area contributed by atoms with Crippen LogP contribution < -0.4 is 4.74 Å². The molecule has 9 heteroatoms. The highest BCUT2D eigenvalue weighted by molar-refractivity contribution is 5.26. The van der Waals surface area contributed by atoms with E-state index in [2.05, 4.69) is 0 Å². The number of aliphatic hydroxyl groups is 2. The second-order valence-corrected chi connectivity index (χ2v) is 9.77. The van der Waals surface area contributed by atoms with E-state index in [9.17, 15) is 10.2 Å². The minimum Gasteiger partial charge on any atom is -0.497 e. The minimum absolute atomic E-state index is 0.287. The van der Waals surface area contributed by atoms with Crippen LogP contribution in [0.3, 0.4) is 0 Å². The molecule has 7 atom stereocenters. The molecule has 9 nitrogen and oxygen atoms in total. The molecule has 0 radical (unpaired) electrons. The van der Waals surface area contributed by atoms with Gasteiger partial charge in [-0.3, -0.25) is 0 Å². The predicted molar refractivity (Wildman–Crippen MR) is 117 cm³/mol. The lowest BCUT2D eigenvalue weighted by atomic mass is 9.91. The maximum Gasteiger partial charge on any atom is 0.164 e. The molecule has 3 aliphatic heterocycles. The van der Waals surface area contributed by atoms with Crippen LogP contribution in [0, 0.1) is 0 Å². The Morgan fingerprint density at radius 2 is 1.64 bits per heavy atom. The third-order valence-corrected chi connectivity index (χ3v) is 6.21.